The Labute approximate surface area is 207 Å². The average Bonchev–Trinajstić information content (AvgIpc) is 3.08. The summed E-state index contributed by atoms with van der Waals surface area (Å²) in [7, 11) is 0. The predicted octanol–water partition coefficient (Wildman–Crippen LogP) is 1.98. The minimum atomic E-state index is -0.978. The predicted molar refractivity (Wildman–Crippen MR) is 128 cm³/mol. The molecule has 11 heteroatoms. The van der Waals surface area contributed by atoms with Crippen LogP contribution in [0.4, 0.5) is 10.5 Å². The molecule has 0 aromatic heterocycles. The molecule has 2 heterocycles. The molecule has 0 radical (unpaired) electrons. The third-order valence-electron chi connectivity index (χ3n) is 6.60. The van der Waals surface area contributed by atoms with E-state index in [-0.39, 0.29) is 36.5 Å². The number of nitrogens with zero attached hydrogens (tertiary/aromatic N) is 1. The first kappa shape index (κ1) is 24.7. The topological polar surface area (TPSA) is 137 Å². The smallest absolute Gasteiger partial charge is 0.319 e. The number of hydrogen-bond acceptors (Lipinski definition) is 6. The molecule has 3 atom stereocenters. The van der Waals surface area contributed by atoms with Gasteiger partial charge in [0.15, 0.2) is 0 Å². The average molecular weight is 502 g/mol. The minimum Gasteiger partial charge on any atom is -0.378 e. The van der Waals surface area contributed by atoms with Gasteiger partial charge in [0.1, 0.15) is 11.7 Å². The van der Waals surface area contributed by atoms with Crippen molar-refractivity contribution in [2.24, 2.45) is 5.92 Å². The van der Waals surface area contributed by atoms with E-state index < -0.39 is 29.7 Å². The monoisotopic (exact) mass is 501 g/mol. The van der Waals surface area contributed by atoms with E-state index in [0.29, 0.717) is 23.7 Å². The summed E-state index contributed by atoms with van der Waals surface area (Å²) in [6.45, 7) is 2.36. The number of piperidine rings is 1. The summed E-state index contributed by atoms with van der Waals surface area (Å²) in [6, 6.07) is 3.97. The molecule has 1 saturated carbocycles. The Hall–Kier alpha value is -3.40. The molecular formula is C24H28ClN5O5. The standard InChI is InChI=1S/C24H28ClN5O5/c1-13-5-6-16(10-17(13)25)28-24(35)26-12-14-3-2-4-15(9-14)27-18-11-21(32)30(23(18)34)19-7-8-20(31)29-22(19)33/h5-6,10-11,14-15,19,27H,2-4,7-9,12H2,1H3,(H2,26,28,35)(H,29,31,33). The zero-order chi connectivity index (χ0) is 25.1. The Kier molecular flexibility index (Phi) is 7.39. The second-order valence-corrected chi connectivity index (χ2v) is 9.62. The molecule has 1 aliphatic carbocycles. The molecule has 6 amide bonds. The number of hydrogen-bond donors (Lipinski definition) is 4. The van der Waals surface area contributed by atoms with E-state index in [0.717, 1.165) is 29.7 Å². The molecule has 4 N–H and O–H groups in total. The first-order chi connectivity index (χ1) is 16.7. The quantitative estimate of drug-likeness (QED) is 0.440. The van der Waals surface area contributed by atoms with Crippen molar-refractivity contribution in [3.8, 4) is 0 Å². The highest BCUT2D eigenvalue weighted by Crippen LogP contribution is 2.27. The van der Waals surface area contributed by atoms with E-state index in [9.17, 15) is 24.0 Å². The summed E-state index contributed by atoms with van der Waals surface area (Å²) in [4.78, 5) is 62.1. The van der Waals surface area contributed by atoms with Crippen LogP contribution in [0.1, 0.15) is 44.1 Å². The van der Waals surface area contributed by atoms with Crippen LogP contribution in [-0.4, -0.2) is 53.2 Å². The van der Waals surface area contributed by atoms with Gasteiger partial charge < -0.3 is 16.0 Å². The third kappa shape index (κ3) is 5.82. The molecule has 0 bridgehead atoms. The summed E-state index contributed by atoms with van der Waals surface area (Å²) < 4.78 is 0. The van der Waals surface area contributed by atoms with E-state index in [1.807, 2.05) is 13.0 Å². The van der Waals surface area contributed by atoms with Gasteiger partial charge in [-0.3, -0.25) is 29.4 Å². The number of aryl methyl sites for hydroxylation is 1. The van der Waals surface area contributed by atoms with Crippen LogP contribution in [0.2, 0.25) is 5.02 Å². The van der Waals surface area contributed by atoms with Crippen molar-refractivity contribution in [3.63, 3.8) is 0 Å². The normalized spacial score (nSPS) is 24.7. The molecule has 186 valence electrons. The zero-order valence-electron chi connectivity index (χ0n) is 19.4. The number of carbonyl (C=O) groups is 5. The maximum Gasteiger partial charge on any atom is 0.319 e. The number of benzene rings is 1. The Morgan fingerprint density at radius 1 is 1.17 bits per heavy atom. The van der Waals surface area contributed by atoms with Crippen molar-refractivity contribution in [1.29, 1.82) is 0 Å². The van der Waals surface area contributed by atoms with Crippen molar-refractivity contribution < 1.29 is 24.0 Å². The van der Waals surface area contributed by atoms with Gasteiger partial charge in [0.05, 0.1) is 0 Å². The van der Waals surface area contributed by atoms with Gasteiger partial charge in [-0.05, 0) is 56.2 Å². The summed E-state index contributed by atoms with van der Waals surface area (Å²) in [6.07, 6.45) is 4.80. The molecule has 0 spiro atoms. The molecule has 1 saturated heterocycles. The van der Waals surface area contributed by atoms with Crippen LogP contribution >= 0.6 is 11.6 Å². The first-order valence-electron chi connectivity index (χ1n) is 11.7. The lowest BCUT2D eigenvalue weighted by Crippen LogP contribution is -2.55. The van der Waals surface area contributed by atoms with Crippen LogP contribution < -0.4 is 21.3 Å². The highest BCUT2D eigenvalue weighted by molar-refractivity contribution is 6.31. The molecule has 10 nitrogen and oxygen atoms in total. The van der Waals surface area contributed by atoms with Gasteiger partial charge in [-0.15, -0.1) is 0 Å². The van der Waals surface area contributed by atoms with Crippen LogP contribution in [0.3, 0.4) is 0 Å². The fourth-order valence-corrected chi connectivity index (χ4v) is 4.90. The largest absolute Gasteiger partial charge is 0.378 e. The number of carbonyl (C=O) groups excluding carboxylic acids is 5. The van der Waals surface area contributed by atoms with Crippen LogP contribution in [0.25, 0.3) is 0 Å². The molecule has 1 aromatic rings. The summed E-state index contributed by atoms with van der Waals surface area (Å²) in [5.41, 5.74) is 1.70. The number of nitrogens with one attached hydrogen (secondary N) is 4. The third-order valence-corrected chi connectivity index (χ3v) is 7.01. The van der Waals surface area contributed by atoms with Gasteiger partial charge in [-0.2, -0.15) is 0 Å². The van der Waals surface area contributed by atoms with Gasteiger partial charge in [-0.25, -0.2) is 4.79 Å². The SMILES string of the molecule is Cc1ccc(NC(=O)NCC2CCCC(NC3=CC(=O)N(C4CCC(=O)NC4=O)C3=O)C2)cc1Cl. The minimum absolute atomic E-state index is 0.0424. The lowest BCUT2D eigenvalue weighted by molar-refractivity contribution is -0.149. The second kappa shape index (κ2) is 10.5. The Bertz CT molecular complexity index is 1100. The Balaban J connectivity index is 1.27. The fraction of sp³-hybridized carbons (Fsp3) is 0.458. The fourth-order valence-electron chi connectivity index (χ4n) is 4.72. The lowest BCUT2D eigenvalue weighted by atomic mass is 9.85. The number of halogens is 1. The Morgan fingerprint density at radius 2 is 1.97 bits per heavy atom. The lowest BCUT2D eigenvalue weighted by Gasteiger charge is -2.31. The Morgan fingerprint density at radius 3 is 2.71 bits per heavy atom. The van der Waals surface area contributed by atoms with Crippen LogP contribution in [-0.2, 0) is 19.2 Å². The van der Waals surface area contributed by atoms with Crippen LogP contribution in [0, 0.1) is 12.8 Å². The molecule has 4 rings (SSSR count). The molecule has 3 unspecified atom stereocenters. The van der Waals surface area contributed by atoms with Crippen LogP contribution in [0.5, 0.6) is 0 Å². The number of urea groups is 1. The highest BCUT2D eigenvalue weighted by Gasteiger charge is 2.42. The van der Waals surface area contributed by atoms with E-state index in [1.165, 1.54) is 6.08 Å². The van der Waals surface area contributed by atoms with E-state index in [4.69, 9.17) is 11.6 Å². The number of imide groups is 2. The van der Waals surface area contributed by atoms with Crippen LogP contribution in [0.15, 0.2) is 30.0 Å². The number of amides is 6. The van der Waals surface area contributed by atoms with Crippen molar-refractivity contribution >= 4 is 46.9 Å². The maximum absolute atomic E-state index is 12.9. The summed E-state index contributed by atoms with van der Waals surface area (Å²) >= 11 is 6.10. The van der Waals surface area contributed by atoms with Gasteiger partial charge in [0.2, 0.25) is 11.8 Å². The van der Waals surface area contributed by atoms with Gasteiger partial charge in [0.25, 0.3) is 11.8 Å². The van der Waals surface area contributed by atoms with Gasteiger partial charge >= 0.3 is 6.03 Å². The molecule has 1 aromatic carbocycles. The molecule has 2 aliphatic heterocycles. The molecular weight excluding hydrogens is 474 g/mol. The summed E-state index contributed by atoms with van der Waals surface area (Å²) in [5, 5.41) is 11.6. The highest BCUT2D eigenvalue weighted by atomic mass is 35.5. The molecule has 2 fully saturated rings. The van der Waals surface area contributed by atoms with E-state index in [1.54, 1.807) is 12.1 Å². The maximum atomic E-state index is 12.9. The van der Waals surface area contributed by atoms with Crippen molar-refractivity contribution in [3.05, 3.63) is 40.6 Å². The van der Waals surface area contributed by atoms with Crippen molar-refractivity contribution in [1.82, 2.24) is 20.9 Å². The molecule has 3 aliphatic rings. The molecule has 35 heavy (non-hydrogen) atoms. The zero-order valence-corrected chi connectivity index (χ0v) is 20.1. The second-order valence-electron chi connectivity index (χ2n) is 9.21. The summed E-state index contributed by atoms with van der Waals surface area (Å²) in [5.74, 6) is -1.95. The van der Waals surface area contributed by atoms with Gasteiger partial charge in [0, 0.05) is 35.8 Å². The first-order valence-corrected chi connectivity index (χ1v) is 12.1. The van der Waals surface area contributed by atoms with Gasteiger partial charge in [-0.1, -0.05) is 24.1 Å². The van der Waals surface area contributed by atoms with Crippen molar-refractivity contribution in [2.75, 3.05) is 11.9 Å². The number of anilines is 1. The van der Waals surface area contributed by atoms with Crippen molar-refractivity contribution in [2.45, 2.75) is 57.5 Å². The number of rotatable bonds is 6. The van der Waals surface area contributed by atoms with E-state index in [2.05, 4.69) is 21.3 Å². The van der Waals surface area contributed by atoms with E-state index >= 15 is 0 Å².